The molecule has 14 heavy (non-hydrogen) atoms. The van der Waals surface area contributed by atoms with Crippen LogP contribution in [-0.4, -0.2) is 23.9 Å². The van der Waals surface area contributed by atoms with Crippen LogP contribution in [0.25, 0.3) is 0 Å². The maximum Gasteiger partial charge on any atom is 0.186 e. The van der Waals surface area contributed by atoms with Crippen molar-refractivity contribution in [1.82, 2.24) is 4.98 Å². The zero-order valence-corrected chi connectivity index (χ0v) is 9.25. The van der Waals surface area contributed by atoms with Gasteiger partial charge in [-0.15, -0.1) is 0 Å². The highest BCUT2D eigenvalue weighted by Gasteiger charge is 2.27. The molecule has 76 valence electrons. The summed E-state index contributed by atoms with van der Waals surface area (Å²) < 4.78 is 0. The molecule has 2 heterocycles. The van der Waals surface area contributed by atoms with Crippen molar-refractivity contribution in [3.05, 3.63) is 11.1 Å². The summed E-state index contributed by atoms with van der Waals surface area (Å²) in [6.45, 7) is 5.53. The van der Waals surface area contributed by atoms with E-state index < -0.39 is 0 Å². The molecule has 1 aliphatic heterocycles. The fraction of sp³-hybridized carbons (Fsp3) is 0.600. The fourth-order valence-corrected chi connectivity index (χ4v) is 2.87. The molecule has 3 nitrogen and oxygen atoms in total. The molecule has 1 fully saturated rings. The zero-order chi connectivity index (χ0) is 10.1. The average Bonchev–Trinajstić information content (AvgIpc) is 2.71. The van der Waals surface area contributed by atoms with E-state index in [0.29, 0.717) is 10.9 Å². The quantitative estimate of drug-likeness (QED) is 0.701. The Morgan fingerprint density at radius 3 is 2.93 bits per heavy atom. The maximum atomic E-state index is 10.5. The molecule has 0 bridgehead atoms. The third-order valence-corrected chi connectivity index (χ3v) is 3.62. The molecule has 1 aromatic heterocycles. The Labute approximate surface area is 87.8 Å². The van der Waals surface area contributed by atoms with Gasteiger partial charge in [-0.25, -0.2) is 4.98 Å². The van der Waals surface area contributed by atoms with Crippen LogP contribution in [0.2, 0.25) is 0 Å². The molecule has 0 spiro atoms. The van der Waals surface area contributed by atoms with Crippen LogP contribution >= 0.6 is 11.3 Å². The van der Waals surface area contributed by atoms with Gasteiger partial charge in [0.15, 0.2) is 11.4 Å². The molecule has 1 aromatic rings. The molecule has 0 N–H and O–H groups in total. The molecule has 0 amide bonds. The van der Waals surface area contributed by atoms with Gasteiger partial charge in [-0.05, 0) is 19.3 Å². The van der Waals surface area contributed by atoms with Crippen LogP contribution in [-0.2, 0) is 0 Å². The molecular weight excluding hydrogens is 196 g/mol. The van der Waals surface area contributed by atoms with Gasteiger partial charge >= 0.3 is 0 Å². The molecule has 2 rings (SSSR count). The predicted molar refractivity (Wildman–Crippen MR) is 58.1 cm³/mol. The van der Waals surface area contributed by atoms with E-state index in [0.717, 1.165) is 23.9 Å². The minimum Gasteiger partial charge on any atom is -0.345 e. The Morgan fingerprint density at radius 2 is 2.43 bits per heavy atom. The molecule has 0 aromatic carbocycles. The summed E-state index contributed by atoms with van der Waals surface area (Å²) in [6.07, 6.45) is 3.74. The number of anilines is 1. The normalized spacial score (nSPS) is 26.9. The van der Waals surface area contributed by atoms with E-state index in [1.54, 1.807) is 6.20 Å². The number of aromatic nitrogens is 1. The van der Waals surface area contributed by atoms with Crippen molar-refractivity contribution in [1.29, 1.82) is 0 Å². The molecule has 2 atom stereocenters. The Kier molecular flexibility index (Phi) is 2.54. The third-order valence-electron chi connectivity index (χ3n) is 2.66. The largest absolute Gasteiger partial charge is 0.345 e. The Hall–Kier alpha value is -0.900. The van der Waals surface area contributed by atoms with Gasteiger partial charge in [0.2, 0.25) is 0 Å². The molecular formula is C10H14N2OS. The van der Waals surface area contributed by atoms with E-state index in [2.05, 4.69) is 23.7 Å². The van der Waals surface area contributed by atoms with Gasteiger partial charge in [0, 0.05) is 12.6 Å². The summed E-state index contributed by atoms with van der Waals surface area (Å²) in [7, 11) is 0. The van der Waals surface area contributed by atoms with Crippen molar-refractivity contribution in [2.24, 2.45) is 5.92 Å². The first-order valence-corrected chi connectivity index (χ1v) is 5.70. The van der Waals surface area contributed by atoms with Gasteiger partial charge in [-0.2, -0.15) is 0 Å². The van der Waals surface area contributed by atoms with E-state index in [-0.39, 0.29) is 0 Å². The Bertz CT molecular complexity index is 337. The summed E-state index contributed by atoms with van der Waals surface area (Å²) in [4.78, 5) is 17.8. The maximum absolute atomic E-state index is 10.5. The summed E-state index contributed by atoms with van der Waals surface area (Å²) in [5, 5.41) is 0.990. The minimum atomic E-state index is 0.552. The van der Waals surface area contributed by atoms with E-state index in [9.17, 15) is 4.79 Å². The van der Waals surface area contributed by atoms with E-state index in [4.69, 9.17) is 0 Å². The Balaban J connectivity index is 2.18. The number of hydrogen-bond donors (Lipinski definition) is 0. The van der Waals surface area contributed by atoms with Gasteiger partial charge in [0.1, 0.15) is 0 Å². The highest BCUT2D eigenvalue weighted by Crippen LogP contribution is 2.31. The number of aldehydes is 1. The lowest BCUT2D eigenvalue weighted by molar-refractivity contribution is 0.112. The average molecular weight is 210 g/mol. The molecule has 0 radical (unpaired) electrons. The Morgan fingerprint density at radius 1 is 1.64 bits per heavy atom. The molecule has 0 saturated carbocycles. The smallest absolute Gasteiger partial charge is 0.186 e. The van der Waals surface area contributed by atoms with Crippen molar-refractivity contribution in [3.63, 3.8) is 0 Å². The van der Waals surface area contributed by atoms with Gasteiger partial charge in [-0.3, -0.25) is 4.79 Å². The minimum absolute atomic E-state index is 0.552. The van der Waals surface area contributed by atoms with Gasteiger partial charge in [-0.1, -0.05) is 18.3 Å². The highest BCUT2D eigenvalue weighted by molar-refractivity contribution is 7.17. The highest BCUT2D eigenvalue weighted by atomic mass is 32.1. The summed E-state index contributed by atoms with van der Waals surface area (Å²) in [5.74, 6) is 0.730. The van der Waals surface area contributed by atoms with Crippen LogP contribution in [0.4, 0.5) is 5.13 Å². The predicted octanol–water partition coefficient (Wildman–Crippen LogP) is 2.19. The van der Waals surface area contributed by atoms with E-state index in [1.165, 1.54) is 17.8 Å². The van der Waals surface area contributed by atoms with Crippen molar-refractivity contribution in [2.75, 3.05) is 11.4 Å². The number of rotatable bonds is 2. The number of hydrogen-bond acceptors (Lipinski definition) is 4. The standard InChI is InChI=1S/C10H14N2OS/c1-7-3-8(2)12(5-7)10-11-4-9(6-13)14-10/h4,6-8H,3,5H2,1-2H3. The van der Waals surface area contributed by atoms with E-state index >= 15 is 0 Å². The van der Waals surface area contributed by atoms with Crippen LogP contribution in [0, 0.1) is 5.92 Å². The second-order valence-corrected chi connectivity index (χ2v) is 5.05. The van der Waals surface area contributed by atoms with Crippen molar-refractivity contribution < 1.29 is 4.79 Å². The fourth-order valence-electron chi connectivity index (χ4n) is 2.03. The lowest BCUT2D eigenvalue weighted by Gasteiger charge is -2.19. The first-order chi connectivity index (χ1) is 6.70. The molecule has 4 heteroatoms. The zero-order valence-electron chi connectivity index (χ0n) is 8.43. The summed E-state index contributed by atoms with van der Waals surface area (Å²) in [6, 6.07) is 0.552. The number of nitrogens with zero attached hydrogens (tertiary/aromatic N) is 2. The first kappa shape index (κ1) is 9.65. The van der Waals surface area contributed by atoms with Crippen LogP contribution in [0.3, 0.4) is 0 Å². The van der Waals surface area contributed by atoms with Gasteiger partial charge in [0.05, 0.1) is 11.1 Å². The lowest BCUT2D eigenvalue weighted by Crippen LogP contribution is -2.26. The second kappa shape index (κ2) is 3.69. The number of carbonyl (C=O) groups excluding carboxylic acids is 1. The topological polar surface area (TPSA) is 33.2 Å². The SMILES string of the molecule is CC1CC(C)N(c2ncc(C=O)s2)C1. The monoisotopic (exact) mass is 210 g/mol. The van der Waals surface area contributed by atoms with Crippen LogP contribution in [0.5, 0.6) is 0 Å². The van der Waals surface area contributed by atoms with Crippen molar-refractivity contribution >= 4 is 22.8 Å². The molecule has 2 unspecified atom stereocenters. The molecule has 1 aliphatic rings. The van der Waals surface area contributed by atoms with E-state index in [1.807, 2.05) is 0 Å². The van der Waals surface area contributed by atoms with Crippen molar-refractivity contribution in [3.8, 4) is 0 Å². The number of carbonyl (C=O) groups is 1. The lowest BCUT2D eigenvalue weighted by atomic mass is 10.1. The third kappa shape index (κ3) is 1.66. The van der Waals surface area contributed by atoms with Crippen LogP contribution < -0.4 is 4.90 Å². The van der Waals surface area contributed by atoms with Crippen molar-refractivity contribution in [2.45, 2.75) is 26.3 Å². The van der Waals surface area contributed by atoms with Crippen LogP contribution in [0.1, 0.15) is 29.9 Å². The summed E-state index contributed by atoms with van der Waals surface area (Å²) in [5.41, 5.74) is 0. The van der Waals surface area contributed by atoms with Crippen LogP contribution in [0.15, 0.2) is 6.20 Å². The van der Waals surface area contributed by atoms with Gasteiger partial charge in [0.25, 0.3) is 0 Å². The number of thiazole rings is 1. The first-order valence-electron chi connectivity index (χ1n) is 4.88. The second-order valence-electron chi connectivity index (χ2n) is 4.01. The summed E-state index contributed by atoms with van der Waals surface area (Å²) >= 11 is 1.48. The molecule has 1 saturated heterocycles. The van der Waals surface area contributed by atoms with Gasteiger partial charge < -0.3 is 4.90 Å². The molecule has 0 aliphatic carbocycles.